The van der Waals surface area contributed by atoms with Gasteiger partial charge in [0.05, 0.1) is 12.2 Å². The van der Waals surface area contributed by atoms with E-state index in [1.807, 2.05) is 30.3 Å². The average Bonchev–Trinajstić information content (AvgIpc) is 3.32. The highest BCUT2D eigenvalue weighted by Crippen LogP contribution is 2.54. The number of anilines is 1. The summed E-state index contributed by atoms with van der Waals surface area (Å²) in [6.45, 7) is 0.747. The number of carbonyl (C=O) groups excluding carboxylic acids is 2. The van der Waals surface area contributed by atoms with Crippen molar-refractivity contribution >= 4 is 40.9 Å². The topological polar surface area (TPSA) is 40.6 Å². The van der Waals surface area contributed by atoms with E-state index in [2.05, 4.69) is 0 Å². The SMILES string of the molecule is O=C(c1ccc(Cl)cc1)N1CCS[C@]12C(=O)N(Cc1ccccc1)c1ccc(F)cc12. The third kappa shape index (κ3) is 3.22. The van der Waals surface area contributed by atoms with Gasteiger partial charge in [-0.2, -0.15) is 0 Å². The summed E-state index contributed by atoms with van der Waals surface area (Å²) in [6.07, 6.45) is 0. The summed E-state index contributed by atoms with van der Waals surface area (Å²) in [6, 6.07) is 20.6. The van der Waals surface area contributed by atoms with Crippen molar-refractivity contribution in [1.29, 1.82) is 0 Å². The van der Waals surface area contributed by atoms with Crippen molar-refractivity contribution in [1.82, 2.24) is 4.90 Å². The molecule has 5 rings (SSSR count). The van der Waals surface area contributed by atoms with Crippen LogP contribution in [0.15, 0.2) is 72.8 Å². The molecule has 2 aliphatic heterocycles. The zero-order valence-electron chi connectivity index (χ0n) is 16.4. The molecular formula is C24H18ClFN2O2S. The Kier molecular flexibility index (Phi) is 4.99. The molecule has 3 aromatic carbocycles. The molecular weight excluding hydrogens is 435 g/mol. The van der Waals surface area contributed by atoms with Gasteiger partial charge in [0.1, 0.15) is 5.82 Å². The molecule has 1 spiro atoms. The van der Waals surface area contributed by atoms with Gasteiger partial charge in [-0.1, -0.05) is 41.9 Å². The number of rotatable bonds is 3. The summed E-state index contributed by atoms with van der Waals surface area (Å²) in [4.78, 5) is 29.3. The summed E-state index contributed by atoms with van der Waals surface area (Å²) < 4.78 is 14.3. The van der Waals surface area contributed by atoms with E-state index in [9.17, 15) is 14.0 Å². The van der Waals surface area contributed by atoms with Crippen molar-refractivity contribution in [2.24, 2.45) is 0 Å². The standard InChI is InChI=1S/C24H18ClFN2O2S/c25-18-8-6-17(7-9-18)22(29)28-12-13-31-24(28)20-14-19(26)10-11-21(20)27(23(24)30)15-16-4-2-1-3-5-16/h1-11,14H,12-13,15H2/t24-/m1/s1. The first kappa shape index (κ1) is 20.1. The number of halogens is 2. The van der Waals surface area contributed by atoms with Crippen LogP contribution in [0.3, 0.4) is 0 Å². The van der Waals surface area contributed by atoms with E-state index in [0.717, 1.165) is 5.56 Å². The molecule has 2 heterocycles. The molecule has 0 radical (unpaired) electrons. The van der Waals surface area contributed by atoms with E-state index in [-0.39, 0.29) is 11.8 Å². The van der Waals surface area contributed by atoms with Crippen molar-refractivity contribution in [2.75, 3.05) is 17.2 Å². The summed E-state index contributed by atoms with van der Waals surface area (Å²) in [5, 5.41) is 0.528. The van der Waals surface area contributed by atoms with Gasteiger partial charge in [0.2, 0.25) is 0 Å². The molecule has 2 aliphatic rings. The fourth-order valence-corrected chi connectivity index (χ4v) is 5.84. The molecule has 0 aliphatic carbocycles. The maximum absolute atomic E-state index is 14.3. The summed E-state index contributed by atoms with van der Waals surface area (Å²) in [5.41, 5.74) is 2.57. The minimum Gasteiger partial charge on any atom is -0.311 e. The Morgan fingerprint density at radius 3 is 2.55 bits per heavy atom. The molecule has 1 atom stereocenters. The van der Waals surface area contributed by atoms with E-state index < -0.39 is 10.7 Å². The largest absolute Gasteiger partial charge is 0.311 e. The Balaban J connectivity index is 1.60. The number of carbonyl (C=O) groups is 2. The average molecular weight is 453 g/mol. The molecule has 0 saturated carbocycles. The van der Waals surface area contributed by atoms with Crippen LogP contribution in [-0.4, -0.2) is 29.0 Å². The van der Waals surface area contributed by atoms with Crippen LogP contribution in [0, 0.1) is 5.82 Å². The highest BCUT2D eigenvalue weighted by atomic mass is 35.5. The molecule has 7 heteroatoms. The predicted octanol–water partition coefficient (Wildman–Crippen LogP) is 5.07. The number of benzene rings is 3. The first-order chi connectivity index (χ1) is 15.0. The van der Waals surface area contributed by atoms with Crippen molar-refractivity contribution in [2.45, 2.75) is 11.4 Å². The zero-order chi connectivity index (χ0) is 21.6. The van der Waals surface area contributed by atoms with Crippen LogP contribution in [-0.2, 0) is 16.2 Å². The third-order valence-corrected chi connectivity index (χ3v) is 7.35. The lowest BCUT2D eigenvalue weighted by Gasteiger charge is -2.33. The van der Waals surface area contributed by atoms with Crippen molar-refractivity contribution < 1.29 is 14.0 Å². The normalized spacial score (nSPS) is 19.9. The van der Waals surface area contributed by atoms with Gasteiger partial charge in [-0.3, -0.25) is 9.59 Å². The summed E-state index contributed by atoms with van der Waals surface area (Å²) in [5.74, 6) is -0.340. The van der Waals surface area contributed by atoms with Crippen molar-refractivity contribution in [3.8, 4) is 0 Å². The van der Waals surface area contributed by atoms with Gasteiger partial charge < -0.3 is 9.80 Å². The molecule has 0 unspecified atom stereocenters. The van der Waals surface area contributed by atoms with E-state index in [0.29, 0.717) is 40.7 Å². The van der Waals surface area contributed by atoms with Gasteiger partial charge in [-0.05, 0) is 48.0 Å². The summed E-state index contributed by atoms with van der Waals surface area (Å²) >= 11 is 7.35. The van der Waals surface area contributed by atoms with Gasteiger partial charge in [0.15, 0.2) is 4.87 Å². The maximum atomic E-state index is 14.3. The second kappa shape index (κ2) is 7.70. The lowest BCUT2D eigenvalue weighted by molar-refractivity contribution is -0.123. The van der Waals surface area contributed by atoms with Crippen LogP contribution in [0.1, 0.15) is 21.5 Å². The Bertz CT molecular complexity index is 1170. The summed E-state index contributed by atoms with van der Waals surface area (Å²) in [7, 11) is 0. The molecule has 0 bridgehead atoms. The number of hydrogen-bond acceptors (Lipinski definition) is 3. The molecule has 0 N–H and O–H groups in total. The van der Waals surface area contributed by atoms with Gasteiger partial charge in [0.25, 0.3) is 11.8 Å². The van der Waals surface area contributed by atoms with Crippen LogP contribution < -0.4 is 4.90 Å². The number of fused-ring (bicyclic) bond motifs is 2. The Hall–Kier alpha value is -2.83. The molecule has 4 nitrogen and oxygen atoms in total. The third-order valence-electron chi connectivity index (χ3n) is 5.68. The van der Waals surface area contributed by atoms with E-state index >= 15 is 0 Å². The smallest absolute Gasteiger partial charge is 0.268 e. The van der Waals surface area contributed by atoms with Gasteiger partial charge >= 0.3 is 0 Å². The highest BCUT2D eigenvalue weighted by molar-refractivity contribution is 8.01. The van der Waals surface area contributed by atoms with E-state index in [4.69, 9.17) is 11.6 Å². The van der Waals surface area contributed by atoms with Crippen molar-refractivity contribution in [3.05, 3.63) is 100 Å². The monoisotopic (exact) mass is 452 g/mol. The van der Waals surface area contributed by atoms with Crippen molar-refractivity contribution in [3.63, 3.8) is 0 Å². The molecule has 3 aromatic rings. The molecule has 1 saturated heterocycles. The van der Waals surface area contributed by atoms with Crippen LogP contribution in [0.4, 0.5) is 10.1 Å². The number of nitrogens with zero attached hydrogens (tertiary/aromatic N) is 2. The minimum atomic E-state index is -1.27. The Labute approximate surface area is 188 Å². The Morgan fingerprint density at radius 1 is 1.06 bits per heavy atom. The number of amides is 2. The second-order valence-corrected chi connectivity index (χ2v) is 9.22. The number of thioether (sulfide) groups is 1. The zero-order valence-corrected chi connectivity index (χ0v) is 18.0. The first-order valence-electron chi connectivity index (χ1n) is 9.88. The lowest BCUT2D eigenvalue weighted by atomic mass is 10.0. The van der Waals surface area contributed by atoms with Crippen LogP contribution >= 0.6 is 23.4 Å². The molecule has 1 fully saturated rings. The molecule has 31 heavy (non-hydrogen) atoms. The molecule has 0 aromatic heterocycles. The van der Waals surface area contributed by atoms with E-state index in [1.54, 1.807) is 40.1 Å². The lowest BCUT2D eigenvalue weighted by Crippen LogP contribution is -2.50. The van der Waals surface area contributed by atoms with Crippen LogP contribution in [0.2, 0.25) is 5.02 Å². The van der Waals surface area contributed by atoms with Crippen LogP contribution in [0.25, 0.3) is 0 Å². The molecule has 2 amide bonds. The van der Waals surface area contributed by atoms with Gasteiger partial charge in [0, 0.05) is 28.4 Å². The quantitative estimate of drug-likeness (QED) is 0.557. The highest BCUT2D eigenvalue weighted by Gasteiger charge is 2.59. The van der Waals surface area contributed by atoms with Crippen LogP contribution in [0.5, 0.6) is 0 Å². The predicted molar refractivity (Wildman–Crippen MR) is 121 cm³/mol. The number of hydrogen-bond donors (Lipinski definition) is 0. The van der Waals surface area contributed by atoms with Gasteiger partial charge in [-0.15, -0.1) is 11.8 Å². The van der Waals surface area contributed by atoms with E-state index in [1.165, 1.54) is 23.9 Å². The fraction of sp³-hybridized carbons (Fsp3) is 0.167. The Morgan fingerprint density at radius 2 is 1.81 bits per heavy atom. The fourth-order valence-electron chi connectivity index (χ4n) is 4.26. The second-order valence-electron chi connectivity index (χ2n) is 7.49. The maximum Gasteiger partial charge on any atom is 0.268 e. The minimum absolute atomic E-state index is 0.221. The van der Waals surface area contributed by atoms with Gasteiger partial charge in [-0.25, -0.2) is 4.39 Å². The first-order valence-corrected chi connectivity index (χ1v) is 11.2. The molecule has 156 valence electrons.